The molecule has 1 N–H and O–H groups in total. The molecule has 0 spiro atoms. The summed E-state index contributed by atoms with van der Waals surface area (Å²) in [7, 11) is 1.81. The molecule has 2 rings (SSSR count). The predicted octanol–water partition coefficient (Wildman–Crippen LogP) is 0.776. The van der Waals surface area contributed by atoms with Gasteiger partial charge in [-0.15, -0.1) is 0 Å². The Hall–Kier alpha value is -1.85. The Morgan fingerprint density at radius 3 is 2.71 bits per heavy atom. The molecular weight excluding hydrogens is 218 g/mol. The summed E-state index contributed by atoms with van der Waals surface area (Å²) < 4.78 is 0. The number of hydrogen-bond acceptors (Lipinski definition) is 4. The van der Waals surface area contributed by atoms with E-state index in [1.54, 1.807) is 22.2 Å². The fourth-order valence-electron chi connectivity index (χ4n) is 1.75. The molecule has 1 aromatic rings. The molecule has 0 bridgehead atoms. The topological polar surface area (TPSA) is 61.4 Å². The molecule has 1 fully saturated rings. The van der Waals surface area contributed by atoms with E-state index in [1.807, 2.05) is 14.0 Å². The van der Waals surface area contributed by atoms with Gasteiger partial charge in [0.05, 0.1) is 24.6 Å². The van der Waals surface area contributed by atoms with Gasteiger partial charge in [-0.05, 0) is 6.92 Å². The van der Waals surface area contributed by atoms with Crippen LogP contribution in [-0.2, 0) is 6.54 Å². The number of carbonyl (C=O) groups is 1. The second-order valence-electron chi connectivity index (χ2n) is 4.05. The van der Waals surface area contributed by atoms with Gasteiger partial charge < -0.3 is 15.1 Å². The van der Waals surface area contributed by atoms with Crippen LogP contribution in [0.15, 0.2) is 12.4 Å². The van der Waals surface area contributed by atoms with Crippen LogP contribution in [0.25, 0.3) is 0 Å². The summed E-state index contributed by atoms with van der Waals surface area (Å²) in [5.41, 5.74) is 0.815. The van der Waals surface area contributed by atoms with Crippen LogP contribution in [0.3, 0.4) is 0 Å². The second-order valence-corrected chi connectivity index (χ2v) is 4.05. The van der Waals surface area contributed by atoms with Gasteiger partial charge in [-0.1, -0.05) is 0 Å². The first-order valence-corrected chi connectivity index (χ1v) is 5.75. The Bertz CT molecular complexity index is 391. The van der Waals surface area contributed by atoms with Gasteiger partial charge in [0.25, 0.3) is 0 Å². The quantitative estimate of drug-likeness (QED) is 0.837. The number of urea groups is 1. The summed E-state index contributed by atoms with van der Waals surface area (Å²) in [5.74, 6) is 0.765. The Balaban J connectivity index is 1.97. The normalized spacial score (nSPS) is 15.5. The van der Waals surface area contributed by atoms with Crippen molar-refractivity contribution in [1.29, 1.82) is 0 Å². The first-order valence-electron chi connectivity index (χ1n) is 5.75. The van der Waals surface area contributed by atoms with Crippen LogP contribution >= 0.6 is 0 Å². The lowest BCUT2D eigenvalue weighted by atomic mass is 10.4. The van der Waals surface area contributed by atoms with Crippen molar-refractivity contribution in [2.45, 2.75) is 13.5 Å². The minimum atomic E-state index is 0.0579. The molecule has 0 atom stereocenters. The molecule has 0 saturated carbocycles. The summed E-state index contributed by atoms with van der Waals surface area (Å²) in [6.07, 6.45) is 3.41. The standard InChI is InChI=1S/C11H17N5O/c1-3-12-10-7-13-9(6-14-10)8-16-5-4-15(2)11(16)17/h6-7H,3-5,8H2,1-2H3,(H,12,14). The lowest BCUT2D eigenvalue weighted by Crippen LogP contribution is -2.29. The molecule has 2 amide bonds. The molecule has 92 valence electrons. The molecule has 1 aromatic heterocycles. The Kier molecular flexibility index (Phi) is 3.41. The van der Waals surface area contributed by atoms with Crippen LogP contribution in [-0.4, -0.2) is 52.5 Å². The molecular formula is C11H17N5O. The van der Waals surface area contributed by atoms with E-state index in [0.717, 1.165) is 31.1 Å². The third-order valence-electron chi connectivity index (χ3n) is 2.72. The van der Waals surface area contributed by atoms with Crippen LogP contribution in [0.4, 0.5) is 10.6 Å². The van der Waals surface area contributed by atoms with Crippen molar-refractivity contribution < 1.29 is 4.79 Å². The van der Waals surface area contributed by atoms with Gasteiger partial charge in [-0.2, -0.15) is 0 Å². The zero-order valence-electron chi connectivity index (χ0n) is 10.2. The number of carbonyl (C=O) groups excluding carboxylic acids is 1. The molecule has 1 saturated heterocycles. The highest BCUT2D eigenvalue weighted by atomic mass is 16.2. The first kappa shape index (κ1) is 11.6. The number of anilines is 1. The van der Waals surface area contributed by atoms with E-state index in [0.29, 0.717) is 6.54 Å². The molecule has 1 aliphatic heterocycles. The van der Waals surface area contributed by atoms with E-state index in [-0.39, 0.29) is 6.03 Å². The summed E-state index contributed by atoms with van der Waals surface area (Å²) >= 11 is 0. The van der Waals surface area contributed by atoms with Gasteiger partial charge in [0, 0.05) is 26.7 Å². The average Bonchev–Trinajstić information content (AvgIpc) is 2.64. The first-order chi connectivity index (χ1) is 8.20. The van der Waals surface area contributed by atoms with Gasteiger partial charge in [-0.3, -0.25) is 4.98 Å². The van der Waals surface area contributed by atoms with Crippen LogP contribution in [0, 0.1) is 0 Å². The fourth-order valence-corrected chi connectivity index (χ4v) is 1.75. The van der Waals surface area contributed by atoms with Gasteiger partial charge in [0.1, 0.15) is 5.82 Å². The van der Waals surface area contributed by atoms with Gasteiger partial charge in [0.2, 0.25) is 0 Å². The molecule has 0 unspecified atom stereocenters. The minimum absolute atomic E-state index is 0.0579. The zero-order valence-corrected chi connectivity index (χ0v) is 10.2. The van der Waals surface area contributed by atoms with Gasteiger partial charge in [-0.25, -0.2) is 9.78 Å². The molecule has 6 heteroatoms. The van der Waals surface area contributed by atoms with E-state index in [9.17, 15) is 4.79 Å². The van der Waals surface area contributed by atoms with Crippen molar-refractivity contribution in [2.24, 2.45) is 0 Å². The van der Waals surface area contributed by atoms with E-state index < -0.39 is 0 Å². The number of aromatic nitrogens is 2. The summed E-state index contributed by atoms with van der Waals surface area (Å²) in [6, 6.07) is 0.0579. The Labute approximate surface area is 101 Å². The maximum atomic E-state index is 11.7. The van der Waals surface area contributed by atoms with Crippen molar-refractivity contribution in [1.82, 2.24) is 19.8 Å². The zero-order chi connectivity index (χ0) is 12.3. The number of likely N-dealkylation sites (N-methyl/N-ethyl adjacent to an activating group) is 1. The lowest BCUT2D eigenvalue weighted by molar-refractivity contribution is 0.196. The molecule has 0 aromatic carbocycles. The molecule has 1 aliphatic rings. The van der Waals surface area contributed by atoms with Crippen molar-refractivity contribution in [3.05, 3.63) is 18.1 Å². The molecule has 0 aliphatic carbocycles. The maximum absolute atomic E-state index is 11.7. The predicted molar refractivity (Wildman–Crippen MR) is 64.6 cm³/mol. The van der Waals surface area contributed by atoms with Crippen LogP contribution in [0.5, 0.6) is 0 Å². The molecule has 17 heavy (non-hydrogen) atoms. The van der Waals surface area contributed by atoms with Gasteiger partial charge in [0.15, 0.2) is 0 Å². The van der Waals surface area contributed by atoms with Crippen molar-refractivity contribution >= 4 is 11.8 Å². The highest BCUT2D eigenvalue weighted by Crippen LogP contribution is 2.10. The van der Waals surface area contributed by atoms with E-state index in [2.05, 4.69) is 15.3 Å². The number of rotatable bonds is 4. The van der Waals surface area contributed by atoms with Crippen LogP contribution < -0.4 is 5.32 Å². The van der Waals surface area contributed by atoms with Crippen LogP contribution in [0.1, 0.15) is 12.6 Å². The number of hydrogen-bond donors (Lipinski definition) is 1. The highest BCUT2D eigenvalue weighted by Gasteiger charge is 2.25. The van der Waals surface area contributed by atoms with Crippen molar-refractivity contribution in [3.8, 4) is 0 Å². The average molecular weight is 235 g/mol. The SMILES string of the molecule is CCNc1cnc(CN2CCN(C)C2=O)cn1. The van der Waals surface area contributed by atoms with Crippen LogP contribution in [0.2, 0.25) is 0 Å². The van der Waals surface area contributed by atoms with Gasteiger partial charge >= 0.3 is 6.03 Å². The summed E-state index contributed by atoms with van der Waals surface area (Å²) in [5, 5.41) is 3.08. The largest absolute Gasteiger partial charge is 0.369 e. The third kappa shape index (κ3) is 2.64. The van der Waals surface area contributed by atoms with Crippen molar-refractivity contribution in [3.63, 3.8) is 0 Å². The van der Waals surface area contributed by atoms with E-state index in [4.69, 9.17) is 0 Å². The monoisotopic (exact) mass is 235 g/mol. The fraction of sp³-hybridized carbons (Fsp3) is 0.545. The van der Waals surface area contributed by atoms with Crippen molar-refractivity contribution in [2.75, 3.05) is 32.0 Å². The maximum Gasteiger partial charge on any atom is 0.320 e. The lowest BCUT2D eigenvalue weighted by Gasteiger charge is -2.15. The summed E-state index contributed by atoms with van der Waals surface area (Å²) in [4.78, 5) is 23.7. The Morgan fingerprint density at radius 1 is 1.35 bits per heavy atom. The Morgan fingerprint density at radius 2 is 2.18 bits per heavy atom. The number of nitrogens with one attached hydrogen (secondary N) is 1. The third-order valence-corrected chi connectivity index (χ3v) is 2.72. The van der Waals surface area contributed by atoms with E-state index >= 15 is 0 Å². The smallest absolute Gasteiger partial charge is 0.320 e. The number of nitrogens with zero attached hydrogens (tertiary/aromatic N) is 4. The highest BCUT2D eigenvalue weighted by molar-refractivity contribution is 5.76. The molecule has 0 radical (unpaired) electrons. The van der Waals surface area contributed by atoms with E-state index in [1.165, 1.54) is 0 Å². The number of amides is 2. The minimum Gasteiger partial charge on any atom is -0.369 e. The molecule has 2 heterocycles. The molecule has 6 nitrogen and oxygen atoms in total. The summed E-state index contributed by atoms with van der Waals surface area (Å²) in [6.45, 7) is 4.90. The second kappa shape index (κ2) is 4.99.